The van der Waals surface area contributed by atoms with E-state index in [1.165, 1.54) is 3.97 Å². The minimum Gasteiger partial charge on any atom is -0.355 e. The second kappa shape index (κ2) is 10.8. The van der Waals surface area contributed by atoms with E-state index in [2.05, 4.69) is 10.6 Å². The fourth-order valence-electron chi connectivity index (χ4n) is 3.85. The van der Waals surface area contributed by atoms with Crippen molar-refractivity contribution in [1.29, 1.82) is 0 Å². The van der Waals surface area contributed by atoms with Crippen LogP contribution in [-0.4, -0.2) is 56.3 Å². The molecule has 0 saturated heterocycles. The molecule has 0 aliphatic heterocycles. The monoisotopic (exact) mass is 484 g/mol. The standard InChI is InChI=1S/C25H32N4O4S/c1-5-9-24(30)27-19-12-13-23-22(16-19)21(17-25(31)26-14-15-28(3)4)18(2)29(23)34(32,33)20-10-7-6-8-11-20/h6-8,10-13,16H,5,9,14-15,17H2,1-4H3,(H,26,31)(H,27,30). The van der Waals surface area contributed by atoms with E-state index in [4.69, 9.17) is 0 Å². The summed E-state index contributed by atoms with van der Waals surface area (Å²) in [6, 6.07) is 13.3. The van der Waals surface area contributed by atoms with Gasteiger partial charge in [0.15, 0.2) is 0 Å². The number of carbonyl (C=O) groups excluding carboxylic acids is 2. The number of benzene rings is 2. The second-order valence-electron chi connectivity index (χ2n) is 8.51. The van der Waals surface area contributed by atoms with Gasteiger partial charge in [0.05, 0.1) is 16.8 Å². The van der Waals surface area contributed by atoms with Crippen LogP contribution in [0.25, 0.3) is 10.9 Å². The lowest BCUT2D eigenvalue weighted by molar-refractivity contribution is -0.120. The quantitative estimate of drug-likeness (QED) is 0.460. The first-order valence-electron chi connectivity index (χ1n) is 11.3. The maximum absolute atomic E-state index is 13.5. The van der Waals surface area contributed by atoms with E-state index in [9.17, 15) is 18.0 Å². The summed E-state index contributed by atoms with van der Waals surface area (Å²) >= 11 is 0. The number of likely N-dealkylation sites (N-methyl/N-ethyl adjacent to an activating group) is 1. The number of anilines is 1. The topological polar surface area (TPSA) is 101 Å². The summed E-state index contributed by atoms with van der Waals surface area (Å²) in [5, 5.41) is 6.37. The molecule has 182 valence electrons. The second-order valence-corrected chi connectivity index (χ2v) is 10.3. The van der Waals surface area contributed by atoms with E-state index in [0.717, 1.165) is 6.42 Å². The van der Waals surface area contributed by atoms with Crippen LogP contribution < -0.4 is 10.6 Å². The zero-order chi connectivity index (χ0) is 24.9. The summed E-state index contributed by atoms with van der Waals surface area (Å²) in [5.74, 6) is -0.306. The molecule has 2 N–H and O–H groups in total. The third kappa shape index (κ3) is 5.66. The van der Waals surface area contributed by atoms with Crippen molar-refractivity contribution >= 4 is 38.4 Å². The highest BCUT2D eigenvalue weighted by molar-refractivity contribution is 7.90. The Hall–Kier alpha value is -3.17. The molecule has 0 unspecified atom stereocenters. The fourth-order valence-corrected chi connectivity index (χ4v) is 5.45. The summed E-state index contributed by atoms with van der Waals surface area (Å²) < 4.78 is 28.4. The molecule has 0 spiro atoms. The van der Waals surface area contributed by atoms with Gasteiger partial charge < -0.3 is 15.5 Å². The highest BCUT2D eigenvalue weighted by Crippen LogP contribution is 2.32. The van der Waals surface area contributed by atoms with Gasteiger partial charge in [-0.3, -0.25) is 9.59 Å². The summed E-state index contributed by atoms with van der Waals surface area (Å²) in [7, 11) is -0.0463. The highest BCUT2D eigenvalue weighted by Gasteiger charge is 2.26. The Morgan fingerprint density at radius 3 is 2.38 bits per heavy atom. The minimum absolute atomic E-state index is 0.0272. The zero-order valence-corrected chi connectivity index (χ0v) is 20.9. The van der Waals surface area contributed by atoms with Crippen LogP contribution in [0.15, 0.2) is 53.4 Å². The maximum atomic E-state index is 13.5. The van der Waals surface area contributed by atoms with Gasteiger partial charge in [0.1, 0.15) is 0 Å². The number of carbonyl (C=O) groups is 2. The molecule has 0 saturated carbocycles. The third-order valence-corrected chi connectivity index (χ3v) is 7.36. The summed E-state index contributed by atoms with van der Waals surface area (Å²) in [6.07, 6.45) is 1.14. The molecular weight excluding hydrogens is 452 g/mol. The molecule has 1 aromatic heterocycles. The first-order valence-corrected chi connectivity index (χ1v) is 12.7. The summed E-state index contributed by atoms with van der Waals surface area (Å²) in [4.78, 5) is 27.0. The number of amides is 2. The van der Waals surface area contributed by atoms with Gasteiger partial charge in [-0.2, -0.15) is 0 Å². The molecule has 0 aliphatic carbocycles. The van der Waals surface area contributed by atoms with Gasteiger partial charge in [0.25, 0.3) is 10.0 Å². The van der Waals surface area contributed by atoms with E-state index in [0.29, 0.717) is 47.4 Å². The molecule has 1 heterocycles. The molecule has 0 radical (unpaired) electrons. The van der Waals surface area contributed by atoms with Crippen LogP contribution in [0.3, 0.4) is 0 Å². The van der Waals surface area contributed by atoms with Crippen LogP contribution in [0.5, 0.6) is 0 Å². The van der Waals surface area contributed by atoms with Crippen LogP contribution in [-0.2, 0) is 26.0 Å². The number of hydrogen-bond acceptors (Lipinski definition) is 5. The molecule has 2 aromatic carbocycles. The molecule has 34 heavy (non-hydrogen) atoms. The number of nitrogens with one attached hydrogen (secondary N) is 2. The first-order chi connectivity index (χ1) is 16.1. The first kappa shape index (κ1) is 25.5. The van der Waals surface area contributed by atoms with E-state index >= 15 is 0 Å². The smallest absolute Gasteiger partial charge is 0.268 e. The van der Waals surface area contributed by atoms with Gasteiger partial charge in [0.2, 0.25) is 11.8 Å². The van der Waals surface area contributed by atoms with Crippen molar-refractivity contribution in [3.8, 4) is 0 Å². The van der Waals surface area contributed by atoms with E-state index < -0.39 is 10.0 Å². The number of rotatable bonds is 10. The Kier molecular flexibility index (Phi) is 8.11. The van der Waals surface area contributed by atoms with Crippen molar-refractivity contribution in [1.82, 2.24) is 14.2 Å². The normalized spacial score (nSPS) is 11.7. The molecule has 0 aliphatic rings. The van der Waals surface area contributed by atoms with Gasteiger partial charge in [-0.1, -0.05) is 25.1 Å². The Morgan fingerprint density at radius 2 is 1.74 bits per heavy atom. The Morgan fingerprint density at radius 1 is 1.03 bits per heavy atom. The van der Waals surface area contributed by atoms with Gasteiger partial charge in [-0.15, -0.1) is 0 Å². The maximum Gasteiger partial charge on any atom is 0.268 e. The van der Waals surface area contributed by atoms with Crippen LogP contribution in [0, 0.1) is 6.92 Å². The van der Waals surface area contributed by atoms with E-state index in [1.807, 2.05) is 25.9 Å². The van der Waals surface area contributed by atoms with Crippen LogP contribution in [0.2, 0.25) is 0 Å². The SMILES string of the molecule is CCCC(=O)Nc1ccc2c(c1)c(CC(=O)NCCN(C)C)c(C)n2S(=O)(=O)c1ccccc1. The van der Waals surface area contributed by atoms with Crippen LogP contribution in [0.1, 0.15) is 31.0 Å². The van der Waals surface area contributed by atoms with Crippen molar-refractivity contribution in [3.05, 3.63) is 59.8 Å². The van der Waals surface area contributed by atoms with Gasteiger partial charge in [-0.05, 0) is 63.3 Å². The largest absolute Gasteiger partial charge is 0.355 e. The lowest BCUT2D eigenvalue weighted by Crippen LogP contribution is -2.32. The van der Waals surface area contributed by atoms with Crippen LogP contribution in [0.4, 0.5) is 5.69 Å². The molecule has 3 aromatic rings. The van der Waals surface area contributed by atoms with Crippen molar-refractivity contribution in [3.63, 3.8) is 0 Å². The van der Waals surface area contributed by atoms with E-state index in [1.54, 1.807) is 55.5 Å². The van der Waals surface area contributed by atoms with Crippen LogP contribution >= 0.6 is 0 Å². The molecule has 3 rings (SSSR count). The van der Waals surface area contributed by atoms with Crippen molar-refractivity contribution < 1.29 is 18.0 Å². The fraction of sp³-hybridized carbons (Fsp3) is 0.360. The summed E-state index contributed by atoms with van der Waals surface area (Å²) in [6.45, 7) is 4.82. The Bertz CT molecular complexity index is 1280. The van der Waals surface area contributed by atoms with E-state index in [-0.39, 0.29) is 23.1 Å². The zero-order valence-electron chi connectivity index (χ0n) is 20.1. The number of hydrogen-bond donors (Lipinski definition) is 2. The number of fused-ring (bicyclic) bond motifs is 1. The lowest BCUT2D eigenvalue weighted by atomic mass is 10.1. The average molecular weight is 485 g/mol. The Labute approximate surface area is 201 Å². The lowest BCUT2D eigenvalue weighted by Gasteiger charge is -2.11. The molecule has 0 atom stereocenters. The van der Waals surface area contributed by atoms with Crippen molar-refractivity contribution in [2.24, 2.45) is 0 Å². The molecule has 9 heteroatoms. The number of nitrogens with zero attached hydrogens (tertiary/aromatic N) is 2. The Balaban J connectivity index is 2.09. The molecule has 2 amide bonds. The predicted molar refractivity (Wildman–Crippen MR) is 135 cm³/mol. The van der Waals surface area contributed by atoms with Crippen molar-refractivity contribution in [2.45, 2.75) is 38.0 Å². The third-order valence-electron chi connectivity index (χ3n) is 5.54. The average Bonchev–Trinajstić information content (AvgIpc) is 3.05. The van der Waals surface area contributed by atoms with Gasteiger partial charge in [0, 0.05) is 36.3 Å². The summed E-state index contributed by atoms with van der Waals surface area (Å²) in [5.41, 5.74) is 2.11. The van der Waals surface area contributed by atoms with Gasteiger partial charge >= 0.3 is 0 Å². The highest BCUT2D eigenvalue weighted by atomic mass is 32.2. The number of aromatic nitrogens is 1. The predicted octanol–water partition coefficient (Wildman–Crippen LogP) is 3.15. The molecule has 8 nitrogen and oxygen atoms in total. The van der Waals surface area contributed by atoms with Gasteiger partial charge in [-0.25, -0.2) is 12.4 Å². The molecule has 0 bridgehead atoms. The van der Waals surface area contributed by atoms with Crippen molar-refractivity contribution in [2.75, 3.05) is 32.5 Å². The molecule has 0 fully saturated rings. The minimum atomic E-state index is -3.89. The molecular formula is C25H32N4O4S.